The number of carbonyl (C=O) groups is 1. The average molecular weight is 267 g/mol. The van der Waals surface area contributed by atoms with E-state index in [9.17, 15) is 4.79 Å². The molecule has 0 aromatic carbocycles. The molecule has 4 nitrogen and oxygen atoms in total. The van der Waals surface area contributed by atoms with Gasteiger partial charge in [0.1, 0.15) is 0 Å². The Labute approximate surface area is 117 Å². The molecule has 110 valence electrons. The minimum Gasteiger partial charge on any atom is -0.342 e. The van der Waals surface area contributed by atoms with Gasteiger partial charge in [-0.15, -0.1) is 0 Å². The highest BCUT2D eigenvalue weighted by atomic mass is 16.2. The van der Waals surface area contributed by atoms with Crippen LogP contribution >= 0.6 is 0 Å². The van der Waals surface area contributed by atoms with Crippen LogP contribution in [0.15, 0.2) is 0 Å². The molecule has 1 saturated heterocycles. The first-order valence-electron chi connectivity index (χ1n) is 7.84. The Morgan fingerprint density at radius 3 is 2.79 bits per heavy atom. The predicted octanol–water partition coefficient (Wildman–Crippen LogP) is 1.30. The summed E-state index contributed by atoms with van der Waals surface area (Å²) in [6, 6.07) is 0.106. The summed E-state index contributed by atoms with van der Waals surface area (Å²) in [7, 11) is 2.18. The molecule has 1 amide bonds. The first kappa shape index (κ1) is 14.8. The lowest BCUT2D eigenvalue weighted by atomic mass is 10.0. The third kappa shape index (κ3) is 3.69. The lowest BCUT2D eigenvalue weighted by molar-refractivity contribution is -0.134. The smallest absolute Gasteiger partial charge is 0.227 e. The molecule has 2 rings (SSSR count). The molecular formula is C15H29N3O. The quantitative estimate of drug-likeness (QED) is 0.817. The Kier molecular flexibility index (Phi) is 5.22. The molecule has 19 heavy (non-hydrogen) atoms. The summed E-state index contributed by atoms with van der Waals surface area (Å²) < 4.78 is 0. The summed E-state index contributed by atoms with van der Waals surface area (Å²) in [4.78, 5) is 16.9. The van der Waals surface area contributed by atoms with Crippen molar-refractivity contribution in [3.05, 3.63) is 0 Å². The molecule has 0 radical (unpaired) electrons. The van der Waals surface area contributed by atoms with Crippen molar-refractivity contribution in [2.75, 3.05) is 33.2 Å². The predicted molar refractivity (Wildman–Crippen MR) is 77.8 cm³/mol. The van der Waals surface area contributed by atoms with Crippen LogP contribution in [0.3, 0.4) is 0 Å². The van der Waals surface area contributed by atoms with Crippen LogP contribution in [0.4, 0.5) is 0 Å². The van der Waals surface area contributed by atoms with Gasteiger partial charge in [0.2, 0.25) is 5.91 Å². The zero-order valence-corrected chi connectivity index (χ0v) is 12.5. The van der Waals surface area contributed by atoms with E-state index in [1.807, 2.05) is 0 Å². The molecule has 0 spiro atoms. The lowest BCUT2D eigenvalue weighted by Crippen LogP contribution is -2.41. The number of nitrogens with two attached hydrogens (primary N) is 1. The van der Waals surface area contributed by atoms with Gasteiger partial charge in [0, 0.05) is 25.7 Å². The van der Waals surface area contributed by atoms with Gasteiger partial charge in [0.25, 0.3) is 0 Å². The maximum Gasteiger partial charge on any atom is 0.227 e. The van der Waals surface area contributed by atoms with Crippen LogP contribution in [0.25, 0.3) is 0 Å². The van der Waals surface area contributed by atoms with E-state index in [1.54, 1.807) is 0 Å². The van der Waals surface area contributed by atoms with Gasteiger partial charge >= 0.3 is 0 Å². The van der Waals surface area contributed by atoms with Crippen molar-refractivity contribution in [2.24, 2.45) is 17.6 Å². The van der Waals surface area contributed by atoms with Crippen molar-refractivity contribution in [3.63, 3.8) is 0 Å². The van der Waals surface area contributed by atoms with Crippen LogP contribution in [0.2, 0.25) is 0 Å². The fourth-order valence-corrected chi connectivity index (χ4v) is 3.63. The van der Waals surface area contributed by atoms with E-state index in [-0.39, 0.29) is 12.0 Å². The van der Waals surface area contributed by atoms with E-state index in [4.69, 9.17) is 5.73 Å². The molecule has 1 aliphatic heterocycles. The maximum atomic E-state index is 12.4. The second-order valence-electron chi connectivity index (χ2n) is 6.40. The zero-order valence-electron chi connectivity index (χ0n) is 12.5. The molecule has 0 unspecified atom stereocenters. The summed E-state index contributed by atoms with van der Waals surface area (Å²) >= 11 is 0. The number of carbonyl (C=O) groups excluding carboxylic acids is 1. The summed E-state index contributed by atoms with van der Waals surface area (Å²) in [5, 5.41) is 0. The number of rotatable bonds is 5. The van der Waals surface area contributed by atoms with E-state index in [2.05, 4.69) is 23.8 Å². The minimum absolute atomic E-state index is 0.104. The Morgan fingerprint density at radius 2 is 2.16 bits per heavy atom. The molecule has 0 aromatic rings. The molecule has 1 saturated carbocycles. The Morgan fingerprint density at radius 1 is 1.37 bits per heavy atom. The highest BCUT2D eigenvalue weighted by Gasteiger charge is 2.36. The average Bonchev–Trinajstić information content (AvgIpc) is 2.98. The highest BCUT2D eigenvalue weighted by Crippen LogP contribution is 2.28. The van der Waals surface area contributed by atoms with Gasteiger partial charge in [0.15, 0.2) is 0 Å². The molecule has 1 heterocycles. The fraction of sp³-hybridized carbons (Fsp3) is 0.933. The number of amides is 1. The number of nitrogens with zero attached hydrogens (tertiary/aromatic N) is 2. The van der Waals surface area contributed by atoms with Crippen molar-refractivity contribution in [1.82, 2.24) is 9.80 Å². The fourth-order valence-electron chi connectivity index (χ4n) is 3.63. The van der Waals surface area contributed by atoms with Crippen molar-refractivity contribution in [1.29, 1.82) is 0 Å². The molecule has 1 aliphatic carbocycles. The molecule has 4 heteroatoms. The lowest BCUT2D eigenvalue weighted by Gasteiger charge is -2.24. The molecule has 0 bridgehead atoms. The second-order valence-corrected chi connectivity index (χ2v) is 6.40. The normalized spacial score (nSPS) is 31.4. The number of likely N-dealkylation sites (tertiary alicyclic amines) is 1. The molecule has 0 aromatic heterocycles. The van der Waals surface area contributed by atoms with Gasteiger partial charge in [-0.2, -0.15) is 0 Å². The van der Waals surface area contributed by atoms with Crippen molar-refractivity contribution in [3.8, 4) is 0 Å². The SMILES string of the molecule is CCCN(C)C[C@@H]1CCN(C(=O)[C@H]2CCC[C@@H]2N)C1. The molecule has 2 fully saturated rings. The molecule has 2 N–H and O–H groups in total. The highest BCUT2D eigenvalue weighted by molar-refractivity contribution is 5.80. The third-order valence-electron chi connectivity index (χ3n) is 4.66. The van der Waals surface area contributed by atoms with E-state index < -0.39 is 0 Å². The van der Waals surface area contributed by atoms with Gasteiger partial charge in [-0.1, -0.05) is 13.3 Å². The van der Waals surface area contributed by atoms with Gasteiger partial charge < -0.3 is 15.5 Å². The summed E-state index contributed by atoms with van der Waals surface area (Å²) in [5.74, 6) is 1.08. The zero-order chi connectivity index (χ0) is 13.8. The van der Waals surface area contributed by atoms with Gasteiger partial charge in [-0.3, -0.25) is 4.79 Å². The monoisotopic (exact) mass is 267 g/mol. The van der Waals surface area contributed by atoms with Gasteiger partial charge in [-0.25, -0.2) is 0 Å². The number of hydrogen-bond acceptors (Lipinski definition) is 3. The van der Waals surface area contributed by atoms with Crippen LogP contribution in [-0.4, -0.2) is 55.0 Å². The molecule has 3 atom stereocenters. The van der Waals surface area contributed by atoms with Crippen LogP contribution in [0.5, 0.6) is 0 Å². The number of hydrogen-bond donors (Lipinski definition) is 1. The summed E-state index contributed by atoms with van der Waals surface area (Å²) in [6.07, 6.45) is 5.49. The van der Waals surface area contributed by atoms with Crippen LogP contribution in [-0.2, 0) is 4.79 Å². The van der Waals surface area contributed by atoms with Crippen LogP contribution in [0.1, 0.15) is 39.0 Å². The van der Waals surface area contributed by atoms with Crippen LogP contribution < -0.4 is 5.73 Å². The topological polar surface area (TPSA) is 49.6 Å². The van der Waals surface area contributed by atoms with Crippen molar-refractivity contribution < 1.29 is 4.79 Å². The molecular weight excluding hydrogens is 238 g/mol. The first-order chi connectivity index (χ1) is 9.11. The van der Waals surface area contributed by atoms with E-state index >= 15 is 0 Å². The second kappa shape index (κ2) is 6.71. The van der Waals surface area contributed by atoms with E-state index in [0.717, 1.165) is 51.9 Å². The van der Waals surface area contributed by atoms with Crippen LogP contribution in [0, 0.1) is 11.8 Å². The minimum atomic E-state index is 0.104. The Hall–Kier alpha value is -0.610. The standard InChI is InChI=1S/C15H29N3O/c1-3-8-17(2)10-12-7-9-18(11-12)15(19)13-5-4-6-14(13)16/h12-14H,3-11,16H2,1-2H3/t12-,13-,14-/m0/s1. The Balaban J connectivity index is 1.79. The molecule has 2 aliphatic rings. The maximum absolute atomic E-state index is 12.4. The van der Waals surface area contributed by atoms with E-state index in [0.29, 0.717) is 11.8 Å². The summed E-state index contributed by atoms with van der Waals surface area (Å²) in [5.41, 5.74) is 6.05. The van der Waals surface area contributed by atoms with Gasteiger partial charge in [-0.05, 0) is 45.2 Å². The summed E-state index contributed by atoms with van der Waals surface area (Å²) in [6.45, 7) is 6.36. The van der Waals surface area contributed by atoms with Gasteiger partial charge in [0.05, 0.1) is 5.92 Å². The van der Waals surface area contributed by atoms with Crippen molar-refractivity contribution >= 4 is 5.91 Å². The Bertz CT molecular complexity index is 308. The van der Waals surface area contributed by atoms with E-state index in [1.165, 1.54) is 6.42 Å². The third-order valence-corrected chi connectivity index (χ3v) is 4.66. The first-order valence-corrected chi connectivity index (χ1v) is 7.84. The largest absolute Gasteiger partial charge is 0.342 e. The van der Waals surface area contributed by atoms with Crippen molar-refractivity contribution in [2.45, 2.75) is 45.1 Å².